The van der Waals surface area contributed by atoms with E-state index < -0.39 is 6.10 Å². The van der Waals surface area contributed by atoms with Crippen LogP contribution in [0.4, 0.5) is 0 Å². The van der Waals surface area contributed by atoms with E-state index in [9.17, 15) is 9.59 Å². The average Bonchev–Trinajstić information content (AvgIpc) is 3.10. The van der Waals surface area contributed by atoms with E-state index in [0.29, 0.717) is 31.2 Å². The predicted octanol–water partition coefficient (Wildman–Crippen LogP) is 4.32. The van der Waals surface area contributed by atoms with Crippen molar-refractivity contribution in [2.24, 2.45) is 0 Å². The lowest BCUT2D eigenvalue weighted by Crippen LogP contribution is -2.36. The first-order chi connectivity index (χ1) is 14.3. The van der Waals surface area contributed by atoms with Crippen molar-refractivity contribution in [3.8, 4) is 5.75 Å². The summed E-state index contributed by atoms with van der Waals surface area (Å²) in [6, 6.07) is 14.0. The van der Waals surface area contributed by atoms with Gasteiger partial charge in [0.2, 0.25) is 5.91 Å². The molecule has 30 heavy (non-hydrogen) atoms. The quantitative estimate of drug-likeness (QED) is 0.707. The number of aryl methyl sites for hydroxylation is 1. The molecule has 2 amide bonds. The lowest BCUT2D eigenvalue weighted by Gasteiger charge is -2.18. The molecule has 0 bridgehead atoms. The van der Waals surface area contributed by atoms with Gasteiger partial charge in [0.1, 0.15) is 5.75 Å². The summed E-state index contributed by atoms with van der Waals surface area (Å²) in [5.41, 5.74) is 4.55. The number of benzene rings is 2. The topological polar surface area (TPSA) is 58.6 Å². The van der Waals surface area contributed by atoms with Crippen LogP contribution in [0.5, 0.6) is 5.75 Å². The second-order valence-corrected chi connectivity index (χ2v) is 8.39. The van der Waals surface area contributed by atoms with E-state index in [1.165, 1.54) is 11.1 Å². The number of carbonyl (C=O) groups is 2. The summed E-state index contributed by atoms with van der Waals surface area (Å²) in [5.74, 6) is 1.23. The summed E-state index contributed by atoms with van der Waals surface area (Å²) in [6.45, 7) is 10.0. The molecule has 0 aromatic heterocycles. The highest BCUT2D eigenvalue weighted by Crippen LogP contribution is 2.24. The van der Waals surface area contributed by atoms with Gasteiger partial charge in [-0.3, -0.25) is 9.59 Å². The van der Waals surface area contributed by atoms with Crippen LogP contribution in [-0.4, -0.2) is 29.4 Å². The standard InChI is InChI=1S/C25H32N2O3/c1-17(2)23-11-10-22(13-18(23)3)30-19(4)25(29)26-15-20-7-5-8-21(14-20)16-27-12-6-9-24(27)28/h5,7-8,10-11,13-14,17,19H,6,9,12,15-16H2,1-4H3,(H,26,29). The van der Waals surface area contributed by atoms with Gasteiger partial charge in [-0.25, -0.2) is 0 Å². The van der Waals surface area contributed by atoms with Crippen LogP contribution in [0.3, 0.4) is 0 Å². The van der Waals surface area contributed by atoms with Crippen molar-refractivity contribution < 1.29 is 14.3 Å². The van der Waals surface area contributed by atoms with Crippen LogP contribution in [-0.2, 0) is 22.7 Å². The molecular weight excluding hydrogens is 376 g/mol. The van der Waals surface area contributed by atoms with Crippen molar-refractivity contribution in [3.63, 3.8) is 0 Å². The number of nitrogens with zero attached hydrogens (tertiary/aromatic N) is 1. The third-order valence-electron chi connectivity index (χ3n) is 5.55. The van der Waals surface area contributed by atoms with Gasteiger partial charge in [0, 0.05) is 26.1 Å². The molecule has 1 heterocycles. The van der Waals surface area contributed by atoms with Crippen molar-refractivity contribution in [3.05, 3.63) is 64.7 Å². The molecule has 3 rings (SSSR count). The molecule has 5 heteroatoms. The molecule has 0 radical (unpaired) electrons. The Morgan fingerprint density at radius 3 is 2.57 bits per heavy atom. The van der Waals surface area contributed by atoms with E-state index in [-0.39, 0.29) is 11.8 Å². The van der Waals surface area contributed by atoms with Crippen LogP contribution >= 0.6 is 0 Å². The van der Waals surface area contributed by atoms with Crippen LogP contribution in [0.2, 0.25) is 0 Å². The van der Waals surface area contributed by atoms with Gasteiger partial charge < -0.3 is 15.0 Å². The molecule has 1 saturated heterocycles. The fourth-order valence-electron chi connectivity index (χ4n) is 3.89. The molecule has 2 aromatic carbocycles. The summed E-state index contributed by atoms with van der Waals surface area (Å²) < 4.78 is 5.85. The highest BCUT2D eigenvalue weighted by atomic mass is 16.5. The summed E-state index contributed by atoms with van der Waals surface area (Å²) in [6.07, 6.45) is 0.999. The number of rotatable bonds is 8. The number of hydrogen-bond acceptors (Lipinski definition) is 3. The molecule has 0 saturated carbocycles. The highest BCUT2D eigenvalue weighted by molar-refractivity contribution is 5.80. The average molecular weight is 409 g/mol. The minimum atomic E-state index is -0.584. The molecule has 1 aliphatic heterocycles. The first-order valence-corrected chi connectivity index (χ1v) is 10.7. The van der Waals surface area contributed by atoms with Crippen LogP contribution < -0.4 is 10.1 Å². The van der Waals surface area contributed by atoms with Gasteiger partial charge in [-0.1, -0.05) is 44.2 Å². The Balaban J connectivity index is 1.53. The second-order valence-electron chi connectivity index (χ2n) is 8.39. The van der Waals surface area contributed by atoms with E-state index in [4.69, 9.17) is 4.74 Å². The Morgan fingerprint density at radius 1 is 1.13 bits per heavy atom. The molecule has 1 N–H and O–H groups in total. The monoisotopic (exact) mass is 408 g/mol. The van der Waals surface area contributed by atoms with Gasteiger partial charge in [-0.05, 0) is 60.6 Å². The number of nitrogens with one attached hydrogen (secondary N) is 1. The maximum absolute atomic E-state index is 12.5. The summed E-state index contributed by atoms with van der Waals surface area (Å²) in [5, 5.41) is 2.95. The van der Waals surface area contributed by atoms with Gasteiger partial charge in [0.05, 0.1) is 0 Å². The number of ether oxygens (including phenoxy) is 1. The molecule has 0 aliphatic carbocycles. The number of amides is 2. The molecule has 1 aliphatic rings. The van der Waals surface area contributed by atoms with Crippen molar-refractivity contribution in [1.29, 1.82) is 0 Å². The predicted molar refractivity (Wildman–Crippen MR) is 118 cm³/mol. The van der Waals surface area contributed by atoms with Gasteiger partial charge in [0.25, 0.3) is 5.91 Å². The molecular formula is C25H32N2O3. The van der Waals surface area contributed by atoms with E-state index in [1.807, 2.05) is 41.3 Å². The van der Waals surface area contributed by atoms with Crippen molar-refractivity contribution in [2.75, 3.05) is 6.54 Å². The lowest BCUT2D eigenvalue weighted by molar-refractivity contribution is -0.128. The number of hydrogen-bond donors (Lipinski definition) is 1. The number of likely N-dealkylation sites (tertiary alicyclic amines) is 1. The first-order valence-electron chi connectivity index (χ1n) is 10.7. The van der Waals surface area contributed by atoms with Crippen LogP contribution in [0.15, 0.2) is 42.5 Å². The smallest absolute Gasteiger partial charge is 0.261 e. The zero-order chi connectivity index (χ0) is 21.7. The van der Waals surface area contributed by atoms with Gasteiger partial charge in [-0.2, -0.15) is 0 Å². The second kappa shape index (κ2) is 9.79. The summed E-state index contributed by atoms with van der Waals surface area (Å²) in [7, 11) is 0. The highest BCUT2D eigenvalue weighted by Gasteiger charge is 2.20. The Kier molecular flexibility index (Phi) is 7.14. The van der Waals surface area contributed by atoms with E-state index >= 15 is 0 Å². The lowest BCUT2D eigenvalue weighted by atomic mass is 9.98. The van der Waals surface area contributed by atoms with Gasteiger partial charge in [0.15, 0.2) is 6.10 Å². The molecule has 1 atom stereocenters. The number of carbonyl (C=O) groups excluding carboxylic acids is 2. The molecule has 1 fully saturated rings. The van der Waals surface area contributed by atoms with E-state index in [1.54, 1.807) is 6.92 Å². The van der Waals surface area contributed by atoms with E-state index in [2.05, 4.69) is 32.2 Å². The molecule has 2 aromatic rings. The largest absolute Gasteiger partial charge is 0.481 e. The normalized spacial score (nSPS) is 14.8. The Labute approximate surface area is 179 Å². The van der Waals surface area contributed by atoms with Crippen LogP contribution in [0.1, 0.15) is 61.8 Å². The fourth-order valence-corrected chi connectivity index (χ4v) is 3.89. The Bertz CT molecular complexity index is 907. The fraction of sp³-hybridized carbons (Fsp3) is 0.440. The zero-order valence-electron chi connectivity index (χ0n) is 18.4. The van der Waals surface area contributed by atoms with Gasteiger partial charge >= 0.3 is 0 Å². The molecule has 160 valence electrons. The molecule has 1 unspecified atom stereocenters. The Morgan fingerprint density at radius 2 is 1.90 bits per heavy atom. The first kappa shape index (κ1) is 21.9. The summed E-state index contributed by atoms with van der Waals surface area (Å²) in [4.78, 5) is 26.2. The maximum Gasteiger partial charge on any atom is 0.261 e. The maximum atomic E-state index is 12.5. The molecule has 5 nitrogen and oxygen atoms in total. The minimum Gasteiger partial charge on any atom is -0.481 e. The van der Waals surface area contributed by atoms with E-state index in [0.717, 1.165) is 24.1 Å². The van der Waals surface area contributed by atoms with Crippen molar-refractivity contribution in [1.82, 2.24) is 10.2 Å². The summed E-state index contributed by atoms with van der Waals surface area (Å²) >= 11 is 0. The van der Waals surface area contributed by atoms with Crippen LogP contribution in [0.25, 0.3) is 0 Å². The van der Waals surface area contributed by atoms with Crippen LogP contribution in [0, 0.1) is 6.92 Å². The third-order valence-corrected chi connectivity index (χ3v) is 5.55. The minimum absolute atomic E-state index is 0.152. The third kappa shape index (κ3) is 5.62. The van der Waals surface area contributed by atoms with Crippen molar-refractivity contribution in [2.45, 2.75) is 65.6 Å². The molecule has 0 spiro atoms. The van der Waals surface area contributed by atoms with Crippen molar-refractivity contribution >= 4 is 11.8 Å². The SMILES string of the molecule is Cc1cc(OC(C)C(=O)NCc2cccc(CN3CCCC3=O)c2)ccc1C(C)C. The van der Waals surface area contributed by atoms with Gasteiger partial charge in [-0.15, -0.1) is 0 Å². The zero-order valence-corrected chi connectivity index (χ0v) is 18.4. The Hall–Kier alpha value is -2.82.